The van der Waals surface area contributed by atoms with Gasteiger partial charge in [0.1, 0.15) is 9.75 Å². The van der Waals surface area contributed by atoms with Crippen molar-refractivity contribution in [2.45, 2.75) is 67.2 Å². The fraction of sp³-hybridized carbons (Fsp3) is 0.583. The Labute approximate surface area is 220 Å². The van der Waals surface area contributed by atoms with E-state index in [1.165, 1.54) is 0 Å². The largest absolute Gasteiger partial charge is 0.488 e. The molecule has 0 aliphatic heterocycles. The average Bonchev–Trinajstić information content (AvgIpc) is 3.21. The van der Waals surface area contributed by atoms with E-state index in [0.717, 1.165) is 11.3 Å². The minimum Gasteiger partial charge on any atom is -0.488 e. The highest BCUT2D eigenvalue weighted by Crippen LogP contribution is 2.42. The normalized spacial score (nSPS) is 11.5. The molecule has 13 heteroatoms. The monoisotopic (exact) mass is 540 g/mol. The molecule has 0 saturated heterocycles. The molecule has 206 valence electrons. The maximum Gasteiger partial charge on any atom is 0.311 e. The van der Waals surface area contributed by atoms with Crippen molar-refractivity contribution in [3.05, 3.63) is 9.75 Å². The summed E-state index contributed by atoms with van der Waals surface area (Å²) in [7, 11) is 0. The molecule has 37 heavy (non-hydrogen) atoms. The Kier molecular flexibility index (Phi) is 14.5. The van der Waals surface area contributed by atoms with Crippen LogP contribution < -0.4 is 20.3 Å². The van der Waals surface area contributed by atoms with Gasteiger partial charge in [-0.05, 0) is 40.5 Å². The summed E-state index contributed by atoms with van der Waals surface area (Å²) in [5, 5.41) is 7.91. The van der Waals surface area contributed by atoms with E-state index in [1.807, 2.05) is 13.8 Å². The first-order valence-corrected chi connectivity index (χ1v) is 12.9. The third-order valence-electron chi connectivity index (χ3n) is 4.24. The van der Waals surface area contributed by atoms with Crippen LogP contribution in [0.1, 0.15) is 86.6 Å². The molecule has 12 nitrogen and oxygen atoms in total. The number of amides is 2. The fourth-order valence-electron chi connectivity index (χ4n) is 2.69. The first-order chi connectivity index (χ1) is 17.7. The number of carbonyl (C=O) groups is 4. The molecule has 0 radical (unpaired) electrons. The lowest BCUT2D eigenvalue weighted by molar-refractivity contribution is -0.142. The van der Waals surface area contributed by atoms with Crippen molar-refractivity contribution < 1.29 is 38.1 Å². The molecule has 0 aliphatic carbocycles. The number of hydrogen-bond acceptors (Lipinski definition) is 11. The lowest BCUT2D eigenvalue weighted by Gasteiger charge is -2.11. The van der Waals surface area contributed by atoms with Crippen LogP contribution in [0.2, 0.25) is 0 Å². The number of rotatable bonds is 16. The van der Waals surface area contributed by atoms with Crippen LogP contribution in [0, 0.1) is 0 Å². The van der Waals surface area contributed by atoms with Crippen LogP contribution in [-0.4, -0.2) is 61.6 Å². The number of nitrogens with zero attached hydrogens (tertiary/aromatic N) is 2. The summed E-state index contributed by atoms with van der Waals surface area (Å²) in [6, 6.07) is 0. The molecular formula is C24H36N4O8S. The highest BCUT2D eigenvalue weighted by Gasteiger charge is 2.29. The Balaban J connectivity index is 3.25. The van der Waals surface area contributed by atoms with Crippen molar-refractivity contribution in [1.82, 2.24) is 10.9 Å². The maximum absolute atomic E-state index is 13.0. The molecule has 0 aliphatic rings. The summed E-state index contributed by atoms with van der Waals surface area (Å²) >= 11 is 0.855. The first-order valence-electron chi connectivity index (χ1n) is 12.1. The molecule has 0 bridgehead atoms. The van der Waals surface area contributed by atoms with Gasteiger partial charge in [0.2, 0.25) is 0 Å². The Hall–Kier alpha value is -3.48. The molecule has 0 fully saturated rings. The van der Waals surface area contributed by atoms with Gasteiger partial charge in [0, 0.05) is 11.4 Å². The van der Waals surface area contributed by atoms with Crippen LogP contribution in [0.25, 0.3) is 0 Å². The lowest BCUT2D eigenvalue weighted by Crippen LogP contribution is -2.20. The minimum atomic E-state index is -0.637. The molecule has 1 rings (SSSR count). The Bertz CT molecular complexity index is 927. The van der Waals surface area contributed by atoms with Gasteiger partial charge in [-0.1, -0.05) is 13.8 Å². The molecule has 1 aromatic rings. The van der Waals surface area contributed by atoms with Crippen molar-refractivity contribution in [2.24, 2.45) is 10.2 Å². The van der Waals surface area contributed by atoms with E-state index < -0.39 is 23.8 Å². The van der Waals surface area contributed by atoms with Gasteiger partial charge in [-0.3, -0.25) is 19.2 Å². The zero-order valence-electron chi connectivity index (χ0n) is 22.2. The van der Waals surface area contributed by atoms with Gasteiger partial charge in [-0.15, -0.1) is 11.3 Å². The predicted molar refractivity (Wildman–Crippen MR) is 140 cm³/mol. The summed E-state index contributed by atoms with van der Waals surface area (Å²) in [4.78, 5) is 49.4. The second-order valence-corrected chi connectivity index (χ2v) is 8.68. The van der Waals surface area contributed by atoms with Gasteiger partial charge < -0.3 is 18.9 Å². The van der Waals surface area contributed by atoms with Crippen LogP contribution in [0.5, 0.6) is 11.5 Å². The smallest absolute Gasteiger partial charge is 0.311 e. The third-order valence-corrected chi connectivity index (χ3v) is 5.39. The van der Waals surface area contributed by atoms with Crippen LogP contribution in [0.3, 0.4) is 0 Å². The maximum atomic E-state index is 13.0. The quantitative estimate of drug-likeness (QED) is 0.184. The van der Waals surface area contributed by atoms with Crippen molar-refractivity contribution in [2.75, 3.05) is 26.4 Å². The van der Waals surface area contributed by atoms with Gasteiger partial charge in [-0.2, -0.15) is 10.2 Å². The van der Waals surface area contributed by atoms with Crippen molar-refractivity contribution in [1.29, 1.82) is 0 Å². The zero-order valence-corrected chi connectivity index (χ0v) is 23.0. The third kappa shape index (κ3) is 11.0. The summed E-state index contributed by atoms with van der Waals surface area (Å²) in [5.74, 6) is -1.96. The van der Waals surface area contributed by atoms with Crippen molar-refractivity contribution in [3.8, 4) is 11.5 Å². The molecule has 1 heterocycles. The number of esters is 2. The van der Waals surface area contributed by atoms with E-state index in [1.54, 1.807) is 27.7 Å². The standard InChI is InChI=1S/C24H36N4O8S/c1-7-11-35-19-20(36-12-8-2)22(24(32)28-26-16(6)14-18(30)34-10-4)37-21(19)23(31)27-25-15(5)13-17(29)33-9-3/h7-14H2,1-6H3,(H,27,31)(H,28,32)/b25-15-,26-16-. The van der Waals surface area contributed by atoms with Crippen LogP contribution in [0.15, 0.2) is 10.2 Å². The summed E-state index contributed by atoms with van der Waals surface area (Å²) < 4.78 is 21.4. The van der Waals surface area contributed by atoms with Gasteiger partial charge in [0.15, 0.2) is 11.5 Å². The van der Waals surface area contributed by atoms with Crippen molar-refractivity contribution in [3.63, 3.8) is 0 Å². The highest BCUT2D eigenvalue weighted by molar-refractivity contribution is 7.16. The average molecular weight is 541 g/mol. The Morgan fingerprint density at radius 2 is 1.08 bits per heavy atom. The molecule has 2 N–H and O–H groups in total. The lowest BCUT2D eigenvalue weighted by atomic mass is 10.3. The second-order valence-electron chi connectivity index (χ2n) is 7.66. The number of carbonyl (C=O) groups excluding carboxylic acids is 4. The summed E-state index contributed by atoms with van der Waals surface area (Å²) in [6.07, 6.45) is 1.14. The molecule has 0 spiro atoms. The van der Waals surface area contributed by atoms with E-state index in [4.69, 9.17) is 18.9 Å². The van der Waals surface area contributed by atoms with Crippen LogP contribution in [-0.2, 0) is 19.1 Å². The predicted octanol–water partition coefficient (Wildman–Crippen LogP) is 3.44. The molecule has 2 amide bonds. The Morgan fingerprint density at radius 1 is 0.703 bits per heavy atom. The second kappa shape index (κ2) is 17.1. The van der Waals surface area contributed by atoms with Gasteiger partial charge in [0.05, 0.1) is 39.3 Å². The minimum absolute atomic E-state index is 0.0737. The van der Waals surface area contributed by atoms with E-state index in [2.05, 4.69) is 21.1 Å². The number of thiophene rings is 1. The van der Waals surface area contributed by atoms with E-state index in [-0.39, 0.29) is 60.5 Å². The molecule has 0 atom stereocenters. The van der Waals surface area contributed by atoms with E-state index in [9.17, 15) is 19.2 Å². The van der Waals surface area contributed by atoms with Gasteiger partial charge >= 0.3 is 11.9 Å². The Morgan fingerprint density at radius 3 is 1.41 bits per heavy atom. The zero-order chi connectivity index (χ0) is 27.8. The van der Waals surface area contributed by atoms with E-state index >= 15 is 0 Å². The number of nitrogens with one attached hydrogen (secondary N) is 2. The topological polar surface area (TPSA) is 154 Å². The summed E-state index contributed by atoms with van der Waals surface area (Å²) in [6.45, 7) is 11.4. The number of hydrogen-bond donors (Lipinski definition) is 2. The molecular weight excluding hydrogens is 504 g/mol. The first kappa shape index (κ1) is 31.5. The van der Waals surface area contributed by atoms with Gasteiger partial charge in [0.25, 0.3) is 11.8 Å². The van der Waals surface area contributed by atoms with Crippen LogP contribution >= 0.6 is 11.3 Å². The van der Waals surface area contributed by atoms with Crippen molar-refractivity contribution >= 4 is 46.5 Å². The summed E-state index contributed by atoms with van der Waals surface area (Å²) in [5.41, 5.74) is 5.45. The van der Waals surface area contributed by atoms with Gasteiger partial charge in [-0.25, -0.2) is 10.9 Å². The SMILES string of the molecule is CCCOc1c(C(=O)N/N=C(/C)CC(=O)OCC)sc(C(=O)N/N=C(/C)CC(=O)OCC)c1OCCC. The fourth-order valence-corrected chi connectivity index (χ4v) is 3.65. The number of hydrazone groups is 2. The molecule has 0 saturated carbocycles. The van der Waals surface area contributed by atoms with E-state index in [0.29, 0.717) is 24.3 Å². The number of ether oxygens (including phenoxy) is 4. The van der Waals surface area contributed by atoms with Crippen LogP contribution in [0.4, 0.5) is 0 Å². The molecule has 0 unspecified atom stereocenters. The molecule has 0 aromatic carbocycles. The highest BCUT2D eigenvalue weighted by atomic mass is 32.1. The molecule has 1 aromatic heterocycles.